The lowest BCUT2D eigenvalue weighted by Crippen LogP contribution is -2.51. The van der Waals surface area contributed by atoms with Gasteiger partial charge in [-0.1, -0.05) is 5.21 Å². The van der Waals surface area contributed by atoms with Crippen molar-refractivity contribution in [3.8, 4) is 0 Å². The topological polar surface area (TPSA) is 57.4 Å². The molecule has 102 valence electrons. The normalized spacial score (nSPS) is 24.3. The molecule has 1 N–H and O–H groups in total. The van der Waals surface area contributed by atoms with Crippen molar-refractivity contribution >= 4 is 0 Å². The van der Waals surface area contributed by atoms with Crippen LogP contribution in [0.15, 0.2) is 6.20 Å². The summed E-state index contributed by atoms with van der Waals surface area (Å²) < 4.78 is 1.67. The summed E-state index contributed by atoms with van der Waals surface area (Å²) in [6, 6.07) is 0.426. The molecule has 1 aromatic rings. The number of hydrogen-bond acceptors (Lipinski definition) is 5. The molecule has 0 bridgehead atoms. The van der Waals surface area contributed by atoms with Gasteiger partial charge in [-0.2, -0.15) is 0 Å². The Morgan fingerprint density at radius 3 is 2.83 bits per heavy atom. The first-order chi connectivity index (χ1) is 8.54. The molecule has 2 heterocycles. The molecular weight excluding hydrogens is 230 g/mol. The highest BCUT2D eigenvalue weighted by molar-refractivity contribution is 4.95. The van der Waals surface area contributed by atoms with Gasteiger partial charge in [-0.3, -0.25) is 4.68 Å². The van der Waals surface area contributed by atoms with Crippen LogP contribution in [0.4, 0.5) is 0 Å². The fourth-order valence-corrected chi connectivity index (χ4v) is 2.48. The summed E-state index contributed by atoms with van der Waals surface area (Å²) in [4.78, 5) is 4.65. The van der Waals surface area contributed by atoms with Gasteiger partial charge in [0.05, 0.1) is 11.8 Å². The summed E-state index contributed by atoms with van der Waals surface area (Å²) >= 11 is 0. The van der Waals surface area contributed by atoms with Crippen LogP contribution in [-0.4, -0.2) is 75.8 Å². The lowest BCUT2D eigenvalue weighted by atomic mass is 10.0. The minimum Gasteiger partial charge on any atom is -0.393 e. The van der Waals surface area contributed by atoms with E-state index in [-0.39, 0.29) is 6.10 Å². The number of aliphatic hydroxyl groups is 1. The number of likely N-dealkylation sites (N-methyl/N-ethyl adjacent to an activating group) is 2. The van der Waals surface area contributed by atoms with E-state index in [1.54, 1.807) is 4.68 Å². The maximum Gasteiger partial charge on any atom is 0.0852 e. The van der Waals surface area contributed by atoms with Gasteiger partial charge in [-0.25, -0.2) is 0 Å². The standard InChI is InChI=1S/C12H23N5O/c1-15-4-5-16(2)11(9-15)7-12(18)6-10-8-17(3)14-13-10/h8,11-12,18H,4-7,9H2,1-3H3. The molecule has 0 aliphatic carbocycles. The monoisotopic (exact) mass is 253 g/mol. The van der Waals surface area contributed by atoms with Crippen molar-refractivity contribution in [3.63, 3.8) is 0 Å². The first-order valence-corrected chi connectivity index (χ1v) is 6.46. The highest BCUT2D eigenvalue weighted by atomic mass is 16.3. The van der Waals surface area contributed by atoms with Crippen LogP contribution in [0.2, 0.25) is 0 Å². The van der Waals surface area contributed by atoms with E-state index in [0.717, 1.165) is 31.7 Å². The Labute approximate surface area is 108 Å². The van der Waals surface area contributed by atoms with E-state index in [1.165, 1.54) is 0 Å². The van der Waals surface area contributed by atoms with Crippen LogP contribution in [0.1, 0.15) is 12.1 Å². The number of hydrogen-bond donors (Lipinski definition) is 1. The molecule has 1 saturated heterocycles. The molecule has 6 nitrogen and oxygen atoms in total. The van der Waals surface area contributed by atoms with Gasteiger partial charge in [0.25, 0.3) is 0 Å². The van der Waals surface area contributed by atoms with Gasteiger partial charge in [-0.05, 0) is 20.5 Å². The molecule has 2 rings (SSSR count). The Balaban J connectivity index is 1.84. The van der Waals surface area contributed by atoms with Gasteiger partial charge in [0.15, 0.2) is 0 Å². The summed E-state index contributed by atoms with van der Waals surface area (Å²) in [6.45, 7) is 3.19. The third-order valence-corrected chi connectivity index (χ3v) is 3.62. The van der Waals surface area contributed by atoms with Crippen LogP contribution in [0.3, 0.4) is 0 Å². The van der Waals surface area contributed by atoms with Crippen LogP contribution < -0.4 is 0 Å². The third-order valence-electron chi connectivity index (χ3n) is 3.62. The lowest BCUT2D eigenvalue weighted by molar-refractivity contribution is 0.0635. The smallest absolute Gasteiger partial charge is 0.0852 e. The Hall–Kier alpha value is -0.980. The largest absolute Gasteiger partial charge is 0.393 e. The molecular formula is C12H23N5O. The fourth-order valence-electron chi connectivity index (χ4n) is 2.48. The lowest BCUT2D eigenvalue weighted by Gasteiger charge is -2.38. The maximum atomic E-state index is 10.1. The molecule has 0 spiro atoms. The zero-order valence-corrected chi connectivity index (χ0v) is 11.5. The Kier molecular flexibility index (Phi) is 4.31. The van der Waals surface area contributed by atoms with E-state index in [1.807, 2.05) is 13.2 Å². The molecule has 6 heteroatoms. The zero-order valence-electron chi connectivity index (χ0n) is 11.5. The number of aromatic nitrogens is 3. The minimum absolute atomic E-state index is 0.347. The van der Waals surface area contributed by atoms with E-state index in [4.69, 9.17) is 0 Å². The molecule has 1 fully saturated rings. The Bertz CT molecular complexity index is 380. The van der Waals surface area contributed by atoms with E-state index >= 15 is 0 Å². The fraction of sp³-hybridized carbons (Fsp3) is 0.833. The highest BCUT2D eigenvalue weighted by Gasteiger charge is 2.24. The van der Waals surface area contributed by atoms with E-state index in [9.17, 15) is 5.11 Å². The zero-order chi connectivity index (χ0) is 13.1. The van der Waals surface area contributed by atoms with Gasteiger partial charge < -0.3 is 14.9 Å². The van der Waals surface area contributed by atoms with Crippen LogP contribution in [0.25, 0.3) is 0 Å². The van der Waals surface area contributed by atoms with E-state index in [0.29, 0.717) is 12.5 Å². The van der Waals surface area contributed by atoms with Crippen molar-refractivity contribution in [1.29, 1.82) is 0 Å². The van der Waals surface area contributed by atoms with Crippen molar-refractivity contribution in [3.05, 3.63) is 11.9 Å². The number of piperazine rings is 1. The maximum absolute atomic E-state index is 10.1. The van der Waals surface area contributed by atoms with Crippen molar-refractivity contribution in [2.24, 2.45) is 7.05 Å². The Morgan fingerprint density at radius 1 is 1.39 bits per heavy atom. The first kappa shape index (κ1) is 13.5. The summed E-state index contributed by atoms with van der Waals surface area (Å²) in [5.74, 6) is 0. The molecule has 0 radical (unpaired) electrons. The van der Waals surface area contributed by atoms with Crippen LogP contribution in [0, 0.1) is 0 Å². The van der Waals surface area contributed by atoms with Crippen LogP contribution >= 0.6 is 0 Å². The molecule has 0 amide bonds. The van der Waals surface area contributed by atoms with Crippen molar-refractivity contribution in [2.45, 2.75) is 25.0 Å². The number of rotatable bonds is 4. The summed E-state index contributed by atoms with van der Waals surface area (Å²) in [7, 11) is 6.11. The predicted octanol–water partition coefficient (Wildman–Crippen LogP) is -0.646. The second-order valence-electron chi connectivity index (χ2n) is 5.37. The molecule has 2 atom stereocenters. The number of aliphatic hydroxyl groups excluding tert-OH is 1. The predicted molar refractivity (Wildman–Crippen MR) is 69.2 cm³/mol. The number of aryl methyl sites for hydroxylation is 1. The van der Waals surface area contributed by atoms with Crippen molar-refractivity contribution < 1.29 is 5.11 Å². The highest BCUT2D eigenvalue weighted by Crippen LogP contribution is 2.13. The van der Waals surface area contributed by atoms with Gasteiger partial charge in [0, 0.05) is 45.3 Å². The second kappa shape index (κ2) is 5.77. The van der Waals surface area contributed by atoms with Crippen LogP contribution in [-0.2, 0) is 13.5 Å². The molecule has 1 aliphatic heterocycles. The number of nitrogens with zero attached hydrogens (tertiary/aromatic N) is 5. The molecule has 0 saturated carbocycles. The first-order valence-electron chi connectivity index (χ1n) is 6.46. The van der Waals surface area contributed by atoms with Crippen molar-refractivity contribution in [2.75, 3.05) is 33.7 Å². The van der Waals surface area contributed by atoms with Gasteiger partial charge in [0.1, 0.15) is 0 Å². The summed E-state index contributed by atoms with van der Waals surface area (Å²) in [5, 5.41) is 18.0. The summed E-state index contributed by atoms with van der Waals surface area (Å²) in [6.07, 6.45) is 2.89. The molecule has 18 heavy (non-hydrogen) atoms. The van der Waals surface area contributed by atoms with E-state index < -0.39 is 0 Å². The molecule has 1 aromatic heterocycles. The van der Waals surface area contributed by atoms with Gasteiger partial charge in [0.2, 0.25) is 0 Å². The Morgan fingerprint density at radius 2 is 2.17 bits per heavy atom. The second-order valence-corrected chi connectivity index (χ2v) is 5.37. The van der Waals surface area contributed by atoms with Crippen molar-refractivity contribution in [1.82, 2.24) is 24.8 Å². The summed E-state index contributed by atoms with van der Waals surface area (Å²) in [5.41, 5.74) is 0.858. The third kappa shape index (κ3) is 3.51. The molecule has 1 aliphatic rings. The van der Waals surface area contributed by atoms with Gasteiger partial charge in [-0.15, -0.1) is 5.10 Å². The molecule has 0 aromatic carbocycles. The minimum atomic E-state index is -0.347. The quantitative estimate of drug-likeness (QED) is 0.773. The average Bonchev–Trinajstić information content (AvgIpc) is 2.69. The molecule has 2 unspecified atom stereocenters. The SMILES string of the molecule is CN1CCN(C)C(CC(O)Cc2cn(C)nn2)C1. The van der Waals surface area contributed by atoms with Crippen LogP contribution in [0.5, 0.6) is 0 Å². The van der Waals surface area contributed by atoms with Gasteiger partial charge >= 0.3 is 0 Å². The average molecular weight is 253 g/mol. The van der Waals surface area contributed by atoms with E-state index in [2.05, 4.69) is 34.2 Å².